The zero-order valence-corrected chi connectivity index (χ0v) is 12.1. The predicted octanol–water partition coefficient (Wildman–Crippen LogP) is 3.62. The van der Waals surface area contributed by atoms with E-state index in [4.69, 9.17) is 5.73 Å². The second-order valence-corrected chi connectivity index (χ2v) is 6.80. The molecule has 2 aliphatic carbocycles. The van der Waals surface area contributed by atoms with Gasteiger partial charge in [-0.05, 0) is 38.0 Å². The van der Waals surface area contributed by atoms with Crippen LogP contribution in [-0.2, 0) is 0 Å². The van der Waals surface area contributed by atoms with E-state index >= 15 is 0 Å². The summed E-state index contributed by atoms with van der Waals surface area (Å²) in [4.78, 5) is 0. The molecule has 0 spiro atoms. The average molecular weight is 253 g/mol. The van der Waals surface area contributed by atoms with Gasteiger partial charge in [-0.2, -0.15) is 0 Å². The summed E-state index contributed by atoms with van der Waals surface area (Å²) in [6, 6.07) is 0. The van der Waals surface area contributed by atoms with E-state index in [1.165, 1.54) is 44.9 Å². The van der Waals surface area contributed by atoms with Gasteiger partial charge in [0.2, 0.25) is 0 Å². The van der Waals surface area contributed by atoms with Crippen molar-refractivity contribution in [3.63, 3.8) is 0 Å². The van der Waals surface area contributed by atoms with Crippen LogP contribution in [0, 0.1) is 11.3 Å². The Morgan fingerprint density at radius 3 is 2.17 bits per heavy atom. The molecule has 2 saturated carbocycles. The van der Waals surface area contributed by atoms with Crippen LogP contribution in [0.3, 0.4) is 0 Å². The fourth-order valence-corrected chi connectivity index (χ4v) is 4.40. The van der Waals surface area contributed by atoms with E-state index in [9.17, 15) is 5.11 Å². The molecule has 0 aliphatic heterocycles. The molecule has 0 radical (unpaired) electrons. The largest absolute Gasteiger partial charge is 0.389 e. The summed E-state index contributed by atoms with van der Waals surface area (Å²) in [5.41, 5.74) is 5.72. The normalized spacial score (nSPS) is 37.2. The van der Waals surface area contributed by atoms with Gasteiger partial charge in [-0.3, -0.25) is 0 Å². The maximum absolute atomic E-state index is 11.2. The number of hydrogen-bond donors (Lipinski definition) is 2. The van der Waals surface area contributed by atoms with Gasteiger partial charge in [0.25, 0.3) is 0 Å². The first kappa shape index (κ1) is 14.3. The van der Waals surface area contributed by atoms with Gasteiger partial charge < -0.3 is 10.8 Å². The summed E-state index contributed by atoms with van der Waals surface area (Å²) >= 11 is 0. The van der Waals surface area contributed by atoms with E-state index in [1.807, 2.05) is 0 Å². The third-order valence-electron chi connectivity index (χ3n) is 5.86. The maximum atomic E-state index is 11.2. The summed E-state index contributed by atoms with van der Waals surface area (Å²) in [6.45, 7) is 2.93. The van der Waals surface area contributed by atoms with Crippen LogP contribution in [0.4, 0.5) is 0 Å². The van der Waals surface area contributed by atoms with Crippen LogP contribution in [0.15, 0.2) is 0 Å². The number of hydrogen-bond acceptors (Lipinski definition) is 2. The summed E-state index contributed by atoms with van der Waals surface area (Å²) in [6.07, 6.45) is 13.3. The zero-order chi connectivity index (χ0) is 13.1. The van der Waals surface area contributed by atoms with Crippen molar-refractivity contribution in [3.8, 4) is 0 Å². The molecule has 2 rings (SSSR count). The Labute approximate surface area is 112 Å². The Kier molecular flexibility index (Phi) is 4.71. The van der Waals surface area contributed by atoms with Crippen molar-refractivity contribution in [2.75, 3.05) is 6.54 Å². The van der Waals surface area contributed by atoms with Crippen LogP contribution < -0.4 is 5.73 Å². The summed E-state index contributed by atoms with van der Waals surface area (Å²) < 4.78 is 0. The highest BCUT2D eigenvalue weighted by Gasteiger charge is 2.51. The maximum Gasteiger partial charge on any atom is 0.0718 e. The van der Waals surface area contributed by atoms with E-state index in [-0.39, 0.29) is 5.41 Å². The number of aliphatic hydroxyl groups is 1. The Hall–Kier alpha value is -0.0800. The predicted molar refractivity (Wildman–Crippen MR) is 76.4 cm³/mol. The molecule has 0 saturated heterocycles. The molecule has 0 aromatic carbocycles. The number of rotatable bonds is 3. The average Bonchev–Trinajstić information content (AvgIpc) is 2.73. The molecule has 2 aliphatic rings. The molecule has 18 heavy (non-hydrogen) atoms. The van der Waals surface area contributed by atoms with Gasteiger partial charge in [0.05, 0.1) is 5.60 Å². The molecule has 0 aromatic heterocycles. The highest BCUT2D eigenvalue weighted by molar-refractivity contribution is 5.04. The Balaban J connectivity index is 2.13. The second kappa shape index (κ2) is 5.92. The smallest absolute Gasteiger partial charge is 0.0718 e. The molecular weight excluding hydrogens is 222 g/mol. The van der Waals surface area contributed by atoms with E-state index in [2.05, 4.69) is 6.92 Å². The Morgan fingerprint density at radius 1 is 1.06 bits per heavy atom. The first-order valence-electron chi connectivity index (χ1n) is 8.08. The molecular formula is C16H31NO. The lowest BCUT2D eigenvalue weighted by molar-refractivity contribution is -0.0915. The molecule has 106 valence electrons. The topological polar surface area (TPSA) is 46.2 Å². The first-order chi connectivity index (χ1) is 8.66. The van der Waals surface area contributed by atoms with Gasteiger partial charge in [-0.1, -0.05) is 45.4 Å². The minimum Gasteiger partial charge on any atom is -0.389 e. The van der Waals surface area contributed by atoms with Gasteiger partial charge in [0.15, 0.2) is 0 Å². The lowest BCUT2D eigenvalue weighted by Crippen LogP contribution is -2.51. The minimum absolute atomic E-state index is 0.0251. The third kappa shape index (κ3) is 2.60. The van der Waals surface area contributed by atoms with Gasteiger partial charge in [-0.25, -0.2) is 0 Å². The summed E-state index contributed by atoms with van der Waals surface area (Å²) in [5, 5.41) is 11.2. The molecule has 2 heteroatoms. The molecule has 0 bridgehead atoms. The molecule has 0 heterocycles. The van der Waals surface area contributed by atoms with Crippen molar-refractivity contribution in [2.24, 2.45) is 17.1 Å². The van der Waals surface area contributed by atoms with Crippen LogP contribution in [-0.4, -0.2) is 17.3 Å². The highest BCUT2D eigenvalue weighted by atomic mass is 16.3. The van der Waals surface area contributed by atoms with Crippen molar-refractivity contribution in [3.05, 3.63) is 0 Å². The molecule has 2 fully saturated rings. The highest BCUT2D eigenvalue weighted by Crippen LogP contribution is 2.52. The van der Waals surface area contributed by atoms with Gasteiger partial charge in [0, 0.05) is 12.0 Å². The molecule has 2 nitrogen and oxygen atoms in total. The van der Waals surface area contributed by atoms with E-state index in [1.54, 1.807) is 0 Å². The van der Waals surface area contributed by atoms with Crippen LogP contribution in [0.25, 0.3) is 0 Å². The summed E-state index contributed by atoms with van der Waals surface area (Å²) in [7, 11) is 0. The minimum atomic E-state index is -0.459. The molecule has 2 atom stereocenters. The van der Waals surface area contributed by atoms with Crippen molar-refractivity contribution >= 4 is 0 Å². The number of nitrogens with two attached hydrogens (primary N) is 1. The van der Waals surface area contributed by atoms with Gasteiger partial charge >= 0.3 is 0 Å². The van der Waals surface area contributed by atoms with Gasteiger partial charge in [-0.15, -0.1) is 0 Å². The lowest BCUT2D eigenvalue weighted by Gasteiger charge is -2.46. The van der Waals surface area contributed by atoms with Gasteiger partial charge in [0.1, 0.15) is 0 Å². The molecule has 0 amide bonds. The monoisotopic (exact) mass is 253 g/mol. The fourth-order valence-electron chi connectivity index (χ4n) is 4.40. The first-order valence-corrected chi connectivity index (χ1v) is 8.08. The molecule has 0 aromatic rings. The van der Waals surface area contributed by atoms with E-state index in [0.717, 1.165) is 31.6 Å². The molecule has 3 N–H and O–H groups in total. The van der Waals surface area contributed by atoms with E-state index < -0.39 is 5.60 Å². The van der Waals surface area contributed by atoms with Crippen molar-refractivity contribution in [2.45, 2.75) is 83.2 Å². The van der Waals surface area contributed by atoms with Crippen molar-refractivity contribution in [1.82, 2.24) is 0 Å². The van der Waals surface area contributed by atoms with Crippen LogP contribution in [0.2, 0.25) is 0 Å². The zero-order valence-electron chi connectivity index (χ0n) is 12.1. The quantitative estimate of drug-likeness (QED) is 0.807. The fraction of sp³-hybridized carbons (Fsp3) is 1.00. The Bertz CT molecular complexity index is 258. The third-order valence-corrected chi connectivity index (χ3v) is 5.86. The van der Waals surface area contributed by atoms with Crippen LogP contribution in [0.5, 0.6) is 0 Å². The lowest BCUT2D eigenvalue weighted by atomic mass is 9.63. The van der Waals surface area contributed by atoms with Crippen molar-refractivity contribution in [1.29, 1.82) is 0 Å². The van der Waals surface area contributed by atoms with Crippen LogP contribution in [0.1, 0.15) is 77.6 Å². The van der Waals surface area contributed by atoms with E-state index in [0.29, 0.717) is 6.54 Å². The second-order valence-electron chi connectivity index (χ2n) is 6.80. The van der Waals surface area contributed by atoms with Crippen LogP contribution >= 0.6 is 0 Å². The standard InChI is InChI=1S/C16H31NO/c1-2-14-8-11-16(18,12-14)15(13-17)9-6-4-3-5-7-10-15/h14,18H,2-13,17H2,1H3. The van der Waals surface area contributed by atoms with Crippen molar-refractivity contribution < 1.29 is 5.11 Å². The summed E-state index contributed by atoms with van der Waals surface area (Å²) in [5.74, 6) is 0.726. The SMILES string of the molecule is CCC1CCC(O)(C2(CN)CCCCCCC2)C1. The Morgan fingerprint density at radius 2 is 1.67 bits per heavy atom. The molecule has 2 unspecified atom stereocenters.